The predicted octanol–water partition coefficient (Wildman–Crippen LogP) is 4.37. The lowest BCUT2D eigenvalue weighted by Crippen LogP contribution is -2.36. The lowest BCUT2D eigenvalue weighted by Gasteiger charge is -2.26. The summed E-state index contributed by atoms with van der Waals surface area (Å²) in [6.45, 7) is 4.81. The third-order valence-corrected chi connectivity index (χ3v) is 4.05. The lowest BCUT2D eigenvalue weighted by molar-refractivity contribution is -0.121. The van der Waals surface area contributed by atoms with Crippen molar-refractivity contribution in [1.82, 2.24) is 5.32 Å². The first-order valence-electron chi connectivity index (χ1n) is 7.54. The molecule has 1 N–H and O–H groups in total. The fourth-order valence-electron chi connectivity index (χ4n) is 2.32. The van der Waals surface area contributed by atoms with Gasteiger partial charge in [-0.3, -0.25) is 4.79 Å². The molecule has 2 aromatic rings. The molecule has 2 aromatic carbocycles. The molecule has 22 heavy (non-hydrogen) atoms. The first-order valence-corrected chi connectivity index (χ1v) is 7.92. The summed E-state index contributed by atoms with van der Waals surface area (Å²) in [6.07, 6.45) is 1.28. The smallest absolute Gasteiger partial charge is 0.220 e. The summed E-state index contributed by atoms with van der Waals surface area (Å²) in [7, 11) is 0. The van der Waals surface area contributed by atoms with Crippen LogP contribution in [0.5, 0.6) is 0 Å². The Morgan fingerprint density at radius 2 is 1.82 bits per heavy atom. The minimum atomic E-state index is -0.146. The van der Waals surface area contributed by atoms with Crippen LogP contribution in [0.25, 0.3) is 0 Å². The van der Waals surface area contributed by atoms with E-state index in [9.17, 15) is 4.79 Å². The van der Waals surface area contributed by atoms with Crippen molar-refractivity contribution in [2.24, 2.45) is 0 Å². The zero-order valence-corrected chi connectivity index (χ0v) is 13.9. The highest BCUT2D eigenvalue weighted by molar-refractivity contribution is 6.30. The van der Waals surface area contributed by atoms with E-state index in [4.69, 9.17) is 11.6 Å². The highest BCUT2D eigenvalue weighted by Crippen LogP contribution is 2.24. The van der Waals surface area contributed by atoms with Gasteiger partial charge in [0.05, 0.1) is 0 Å². The van der Waals surface area contributed by atoms with E-state index in [0.29, 0.717) is 13.0 Å². The zero-order chi connectivity index (χ0) is 16.0. The van der Waals surface area contributed by atoms with E-state index in [1.54, 1.807) is 0 Å². The summed E-state index contributed by atoms with van der Waals surface area (Å²) in [5.74, 6) is 0.0824. The second-order valence-corrected chi connectivity index (χ2v) is 6.59. The molecule has 0 aromatic heterocycles. The Hall–Kier alpha value is -1.80. The third kappa shape index (κ3) is 4.88. The molecule has 116 valence electrons. The van der Waals surface area contributed by atoms with E-state index in [-0.39, 0.29) is 11.3 Å². The summed E-state index contributed by atoms with van der Waals surface area (Å²) < 4.78 is 0. The maximum atomic E-state index is 12.0. The monoisotopic (exact) mass is 315 g/mol. The van der Waals surface area contributed by atoms with Crippen LogP contribution in [0, 0.1) is 0 Å². The molecule has 0 radical (unpaired) electrons. The molecule has 2 rings (SSSR count). The van der Waals surface area contributed by atoms with Crippen molar-refractivity contribution >= 4 is 17.5 Å². The summed E-state index contributed by atoms with van der Waals surface area (Å²) in [5.41, 5.74) is 2.17. The number of carbonyl (C=O) groups is 1. The molecule has 0 atom stereocenters. The van der Waals surface area contributed by atoms with Crippen molar-refractivity contribution in [3.8, 4) is 0 Å². The van der Waals surface area contributed by atoms with Gasteiger partial charge in [0.25, 0.3) is 0 Å². The van der Waals surface area contributed by atoms with E-state index in [2.05, 4.69) is 19.2 Å². The SMILES string of the molecule is CC(C)(CNC(=O)CCc1ccccc1)c1cccc(Cl)c1. The van der Waals surface area contributed by atoms with Crippen molar-refractivity contribution in [1.29, 1.82) is 0 Å². The van der Waals surface area contributed by atoms with Crippen LogP contribution in [0.3, 0.4) is 0 Å². The largest absolute Gasteiger partial charge is 0.355 e. The molecule has 0 saturated carbocycles. The van der Waals surface area contributed by atoms with Crippen LogP contribution < -0.4 is 5.32 Å². The maximum Gasteiger partial charge on any atom is 0.220 e. The van der Waals surface area contributed by atoms with Crippen LogP contribution in [-0.4, -0.2) is 12.5 Å². The molecule has 0 unspecified atom stereocenters. The fraction of sp³-hybridized carbons (Fsp3) is 0.316. The molecule has 0 spiro atoms. The number of aryl methyl sites for hydroxylation is 1. The minimum Gasteiger partial charge on any atom is -0.355 e. The Morgan fingerprint density at radius 1 is 1.09 bits per heavy atom. The van der Waals surface area contributed by atoms with Gasteiger partial charge >= 0.3 is 0 Å². The molecule has 0 saturated heterocycles. The van der Waals surface area contributed by atoms with Crippen LogP contribution in [0.1, 0.15) is 31.4 Å². The van der Waals surface area contributed by atoms with Gasteiger partial charge in [0, 0.05) is 23.4 Å². The minimum absolute atomic E-state index is 0.0824. The average Bonchev–Trinajstić information content (AvgIpc) is 2.52. The summed E-state index contributed by atoms with van der Waals surface area (Å²) in [4.78, 5) is 12.0. The van der Waals surface area contributed by atoms with E-state index in [0.717, 1.165) is 17.0 Å². The number of carbonyl (C=O) groups excluding carboxylic acids is 1. The number of benzene rings is 2. The summed E-state index contributed by atoms with van der Waals surface area (Å²) in [5, 5.41) is 3.75. The molecular weight excluding hydrogens is 294 g/mol. The van der Waals surface area contributed by atoms with E-state index < -0.39 is 0 Å². The highest BCUT2D eigenvalue weighted by Gasteiger charge is 2.21. The molecule has 0 aliphatic rings. The van der Waals surface area contributed by atoms with Gasteiger partial charge in [-0.15, -0.1) is 0 Å². The highest BCUT2D eigenvalue weighted by atomic mass is 35.5. The second-order valence-electron chi connectivity index (χ2n) is 6.16. The fourth-order valence-corrected chi connectivity index (χ4v) is 2.51. The Bertz CT molecular complexity index is 622. The quantitative estimate of drug-likeness (QED) is 0.842. The van der Waals surface area contributed by atoms with Gasteiger partial charge in [0.15, 0.2) is 0 Å². The van der Waals surface area contributed by atoms with E-state index in [1.807, 2.05) is 54.6 Å². The lowest BCUT2D eigenvalue weighted by atomic mass is 9.84. The molecule has 0 aliphatic heterocycles. The van der Waals surface area contributed by atoms with Gasteiger partial charge in [-0.05, 0) is 29.7 Å². The second kappa shape index (κ2) is 7.46. The van der Waals surface area contributed by atoms with Gasteiger partial charge in [-0.2, -0.15) is 0 Å². The van der Waals surface area contributed by atoms with E-state index in [1.165, 1.54) is 5.56 Å². The Balaban J connectivity index is 1.85. The van der Waals surface area contributed by atoms with Crippen LogP contribution in [0.4, 0.5) is 0 Å². The topological polar surface area (TPSA) is 29.1 Å². The zero-order valence-electron chi connectivity index (χ0n) is 13.1. The Morgan fingerprint density at radius 3 is 2.50 bits per heavy atom. The average molecular weight is 316 g/mol. The van der Waals surface area contributed by atoms with Gasteiger partial charge in [0.1, 0.15) is 0 Å². The van der Waals surface area contributed by atoms with Crippen LogP contribution in [0.2, 0.25) is 5.02 Å². The molecule has 3 heteroatoms. The van der Waals surface area contributed by atoms with Gasteiger partial charge < -0.3 is 5.32 Å². The number of hydrogen-bond donors (Lipinski definition) is 1. The van der Waals surface area contributed by atoms with Crippen molar-refractivity contribution in [3.05, 3.63) is 70.7 Å². The molecule has 0 bridgehead atoms. The Labute approximate surface area is 137 Å². The number of nitrogens with one attached hydrogen (secondary N) is 1. The van der Waals surface area contributed by atoms with Gasteiger partial charge in [0.2, 0.25) is 5.91 Å². The van der Waals surface area contributed by atoms with E-state index >= 15 is 0 Å². The molecule has 0 aliphatic carbocycles. The molecule has 2 nitrogen and oxygen atoms in total. The number of amides is 1. The van der Waals surface area contributed by atoms with Gasteiger partial charge in [-0.1, -0.05) is 67.9 Å². The number of halogens is 1. The maximum absolute atomic E-state index is 12.0. The number of rotatable bonds is 6. The first kappa shape index (κ1) is 16.6. The van der Waals surface area contributed by atoms with Crippen molar-refractivity contribution in [2.45, 2.75) is 32.1 Å². The van der Waals surface area contributed by atoms with Crippen LogP contribution in [-0.2, 0) is 16.6 Å². The summed E-state index contributed by atoms with van der Waals surface area (Å²) in [6, 6.07) is 17.9. The third-order valence-electron chi connectivity index (χ3n) is 3.82. The normalized spacial score (nSPS) is 11.2. The molecule has 0 fully saturated rings. The number of hydrogen-bond acceptors (Lipinski definition) is 1. The van der Waals surface area contributed by atoms with Crippen molar-refractivity contribution in [3.63, 3.8) is 0 Å². The molecule has 0 heterocycles. The molecule has 1 amide bonds. The predicted molar refractivity (Wildman–Crippen MR) is 92.3 cm³/mol. The van der Waals surface area contributed by atoms with Crippen molar-refractivity contribution < 1.29 is 4.79 Å². The standard InChI is InChI=1S/C19H22ClNO/c1-19(2,16-9-6-10-17(20)13-16)14-21-18(22)12-11-15-7-4-3-5-8-15/h3-10,13H,11-12,14H2,1-2H3,(H,21,22). The van der Waals surface area contributed by atoms with Crippen molar-refractivity contribution in [2.75, 3.05) is 6.54 Å². The van der Waals surface area contributed by atoms with Crippen LogP contribution >= 0.6 is 11.6 Å². The summed E-state index contributed by atoms with van der Waals surface area (Å²) >= 11 is 6.04. The molecular formula is C19H22ClNO. The van der Waals surface area contributed by atoms with Crippen LogP contribution in [0.15, 0.2) is 54.6 Å². The van der Waals surface area contributed by atoms with Gasteiger partial charge in [-0.25, -0.2) is 0 Å². The Kier molecular flexibility index (Phi) is 5.62. The first-order chi connectivity index (χ1) is 10.5.